The molecule has 1 saturated carbocycles. The minimum absolute atomic E-state index is 0.162. The Balaban J connectivity index is 1.55. The van der Waals surface area contributed by atoms with E-state index in [-0.39, 0.29) is 5.82 Å². The molecule has 3 rings (SSSR count). The van der Waals surface area contributed by atoms with E-state index in [2.05, 4.69) is 50.0 Å². The number of hydrogen-bond acceptors (Lipinski definition) is 0. The van der Waals surface area contributed by atoms with Gasteiger partial charge in [0, 0.05) is 5.92 Å². The molecule has 2 aromatic carbocycles. The first kappa shape index (κ1) is 19.7. The molecule has 0 amide bonds. The summed E-state index contributed by atoms with van der Waals surface area (Å²) < 4.78 is 14.3. The predicted octanol–water partition coefficient (Wildman–Crippen LogP) is 7.19. The summed E-state index contributed by atoms with van der Waals surface area (Å²) in [6.45, 7) is 4.32. The first-order valence-corrected chi connectivity index (χ1v) is 10.5. The second-order valence-electron chi connectivity index (χ2n) is 8.00. The average molecular weight is 363 g/mol. The van der Waals surface area contributed by atoms with Gasteiger partial charge in [0.1, 0.15) is 5.82 Å². The van der Waals surface area contributed by atoms with E-state index in [0.29, 0.717) is 17.4 Å². The van der Waals surface area contributed by atoms with Crippen molar-refractivity contribution < 1.29 is 4.39 Å². The van der Waals surface area contributed by atoms with Gasteiger partial charge < -0.3 is 0 Å². The Morgan fingerprint density at radius 1 is 0.963 bits per heavy atom. The summed E-state index contributed by atoms with van der Waals surface area (Å²) in [5.74, 6) is 7.35. The van der Waals surface area contributed by atoms with Crippen molar-refractivity contribution in [2.24, 2.45) is 5.92 Å². The number of hydrogen-bond donors (Lipinski definition) is 0. The SMILES string of the molecule is CCCCCc1ccc(C#CC2CCC(c3ccc(C)cc3)CC2)c(F)c1. The maximum Gasteiger partial charge on any atom is 0.139 e. The normalized spacial score (nSPS) is 19.4. The Morgan fingerprint density at radius 2 is 1.70 bits per heavy atom. The Bertz CT molecular complexity index is 783. The molecule has 1 aliphatic carbocycles. The van der Waals surface area contributed by atoms with Gasteiger partial charge >= 0.3 is 0 Å². The fraction of sp³-hybridized carbons (Fsp3) is 0.462. The molecule has 27 heavy (non-hydrogen) atoms. The summed E-state index contributed by atoms with van der Waals surface area (Å²) in [6.07, 6.45) is 9.08. The van der Waals surface area contributed by atoms with Crippen LogP contribution in [-0.4, -0.2) is 0 Å². The maximum atomic E-state index is 14.3. The van der Waals surface area contributed by atoms with Crippen LogP contribution in [0.4, 0.5) is 4.39 Å². The summed E-state index contributed by atoms with van der Waals surface area (Å²) >= 11 is 0. The molecule has 1 aliphatic rings. The summed E-state index contributed by atoms with van der Waals surface area (Å²) in [6, 6.07) is 14.5. The molecule has 1 fully saturated rings. The number of aryl methyl sites for hydroxylation is 2. The maximum absolute atomic E-state index is 14.3. The van der Waals surface area contributed by atoms with Gasteiger partial charge in [-0.3, -0.25) is 0 Å². The van der Waals surface area contributed by atoms with E-state index < -0.39 is 0 Å². The van der Waals surface area contributed by atoms with E-state index in [9.17, 15) is 4.39 Å². The first-order chi connectivity index (χ1) is 13.2. The van der Waals surface area contributed by atoms with E-state index in [1.54, 1.807) is 6.07 Å². The lowest BCUT2D eigenvalue weighted by atomic mass is 9.79. The Hall–Kier alpha value is -2.07. The molecule has 0 radical (unpaired) electrons. The first-order valence-electron chi connectivity index (χ1n) is 10.5. The fourth-order valence-electron chi connectivity index (χ4n) is 3.98. The minimum atomic E-state index is -0.162. The van der Waals surface area contributed by atoms with Crippen LogP contribution in [0.3, 0.4) is 0 Å². The van der Waals surface area contributed by atoms with Gasteiger partial charge in [0.2, 0.25) is 0 Å². The molecule has 0 nitrogen and oxygen atoms in total. The van der Waals surface area contributed by atoms with Crippen molar-refractivity contribution in [1.29, 1.82) is 0 Å². The molecule has 0 N–H and O–H groups in total. The molecule has 0 spiro atoms. The highest BCUT2D eigenvalue weighted by molar-refractivity contribution is 5.38. The second kappa shape index (κ2) is 9.75. The molecule has 142 valence electrons. The lowest BCUT2D eigenvalue weighted by Gasteiger charge is -2.26. The van der Waals surface area contributed by atoms with E-state index in [0.717, 1.165) is 31.2 Å². The third kappa shape index (κ3) is 5.70. The van der Waals surface area contributed by atoms with Gasteiger partial charge in [0.25, 0.3) is 0 Å². The van der Waals surface area contributed by atoms with E-state index >= 15 is 0 Å². The zero-order valence-electron chi connectivity index (χ0n) is 16.7. The third-order valence-electron chi connectivity index (χ3n) is 5.79. The molecule has 0 aromatic heterocycles. The van der Waals surface area contributed by atoms with E-state index in [1.165, 1.54) is 36.8 Å². The van der Waals surface area contributed by atoms with Gasteiger partial charge in [-0.25, -0.2) is 4.39 Å². The van der Waals surface area contributed by atoms with E-state index in [4.69, 9.17) is 0 Å². The Morgan fingerprint density at radius 3 is 2.37 bits per heavy atom. The summed E-state index contributed by atoms with van der Waals surface area (Å²) in [5, 5.41) is 0. The summed E-state index contributed by atoms with van der Waals surface area (Å²) in [5.41, 5.74) is 4.41. The number of unbranched alkanes of at least 4 members (excludes halogenated alkanes) is 2. The smallest absolute Gasteiger partial charge is 0.139 e. The number of rotatable bonds is 5. The van der Waals surface area contributed by atoms with Crippen LogP contribution in [0.25, 0.3) is 0 Å². The highest BCUT2D eigenvalue weighted by Gasteiger charge is 2.21. The molecule has 0 saturated heterocycles. The van der Waals surface area contributed by atoms with Gasteiger partial charge in [-0.1, -0.05) is 67.5 Å². The zero-order chi connectivity index (χ0) is 19.1. The largest absolute Gasteiger partial charge is 0.206 e. The number of benzene rings is 2. The Kier molecular flexibility index (Phi) is 7.11. The molecule has 0 aliphatic heterocycles. The molecule has 2 aromatic rings. The van der Waals surface area contributed by atoms with Crippen molar-refractivity contribution in [2.75, 3.05) is 0 Å². The Labute approximate surface area is 164 Å². The van der Waals surface area contributed by atoms with Crippen LogP contribution in [-0.2, 0) is 6.42 Å². The van der Waals surface area contributed by atoms with Gasteiger partial charge in [0.05, 0.1) is 5.56 Å². The zero-order valence-corrected chi connectivity index (χ0v) is 16.7. The van der Waals surface area contributed by atoms with Crippen molar-refractivity contribution in [1.82, 2.24) is 0 Å². The standard InChI is InChI=1S/C26H31F/c1-3-4-5-6-22-12-18-25(26(27)19-22)17-11-21-9-15-24(16-10-21)23-13-7-20(2)8-14-23/h7-8,12-14,18-19,21,24H,3-6,9-10,15-16H2,1-2H3. The molecule has 0 bridgehead atoms. The molecule has 0 atom stereocenters. The predicted molar refractivity (Wildman–Crippen MR) is 112 cm³/mol. The molecular weight excluding hydrogens is 331 g/mol. The van der Waals surface area contributed by atoms with Crippen LogP contribution in [0, 0.1) is 30.5 Å². The van der Waals surface area contributed by atoms with Gasteiger partial charge in [-0.2, -0.15) is 0 Å². The molecular formula is C26H31F. The lowest BCUT2D eigenvalue weighted by Crippen LogP contribution is -2.12. The highest BCUT2D eigenvalue weighted by atomic mass is 19.1. The van der Waals surface area contributed by atoms with Crippen LogP contribution in [0.15, 0.2) is 42.5 Å². The molecule has 1 heteroatoms. The van der Waals surface area contributed by atoms with Crippen LogP contribution >= 0.6 is 0 Å². The van der Waals surface area contributed by atoms with Crippen molar-refractivity contribution >= 4 is 0 Å². The third-order valence-corrected chi connectivity index (χ3v) is 5.79. The van der Waals surface area contributed by atoms with Crippen molar-refractivity contribution in [3.8, 4) is 11.8 Å². The van der Waals surface area contributed by atoms with Crippen molar-refractivity contribution in [2.45, 2.75) is 71.1 Å². The van der Waals surface area contributed by atoms with Crippen molar-refractivity contribution in [3.63, 3.8) is 0 Å². The second-order valence-corrected chi connectivity index (χ2v) is 8.00. The molecule has 0 heterocycles. The van der Waals surface area contributed by atoms with Gasteiger partial charge in [-0.05, 0) is 74.6 Å². The van der Waals surface area contributed by atoms with Gasteiger partial charge in [0.15, 0.2) is 0 Å². The summed E-state index contributed by atoms with van der Waals surface area (Å²) in [4.78, 5) is 0. The quantitative estimate of drug-likeness (QED) is 0.390. The average Bonchev–Trinajstić information content (AvgIpc) is 2.69. The highest BCUT2D eigenvalue weighted by Crippen LogP contribution is 2.35. The van der Waals surface area contributed by atoms with Crippen LogP contribution in [0.5, 0.6) is 0 Å². The van der Waals surface area contributed by atoms with Crippen LogP contribution in [0.2, 0.25) is 0 Å². The topological polar surface area (TPSA) is 0 Å². The fourth-order valence-corrected chi connectivity index (χ4v) is 3.98. The minimum Gasteiger partial charge on any atom is -0.206 e. The van der Waals surface area contributed by atoms with E-state index in [1.807, 2.05) is 12.1 Å². The molecule has 0 unspecified atom stereocenters. The van der Waals surface area contributed by atoms with Gasteiger partial charge in [-0.15, -0.1) is 0 Å². The van der Waals surface area contributed by atoms with Crippen LogP contribution < -0.4 is 0 Å². The monoisotopic (exact) mass is 362 g/mol. The summed E-state index contributed by atoms with van der Waals surface area (Å²) in [7, 11) is 0. The number of halogens is 1. The lowest BCUT2D eigenvalue weighted by molar-refractivity contribution is 0.384. The van der Waals surface area contributed by atoms with Crippen molar-refractivity contribution in [3.05, 3.63) is 70.5 Å². The van der Waals surface area contributed by atoms with Crippen LogP contribution in [0.1, 0.15) is 80.0 Å².